The van der Waals surface area contributed by atoms with E-state index in [0.717, 1.165) is 25.4 Å². The van der Waals surface area contributed by atoms with E-state index in [9.17, 15) is 0 Å². The van der Waals surface area contributed by atoms with E-state index in [1.54, 1.807) is 5.57 Å². The Morgan fingerprint density at radius 3 is 2.72 bits per heavy atom. The summed E-state index contributed by atoms with van der Waals surface area (Å²) in [5.41, 5.74) is 7.85. The Hall–Kier alpha value is -0.340. The lowest BCUT2D eigenvalue weighted by molar-refractivity contribution is 0.255. The fourth-order valence-corrected chi connectivity index (χ4v) is 2.91. The van der Waals surface area contributed by atoms with Crippen molar-refractivity contribution in [3.63, 3.8) is 0 Å². The van der Waals surface area contributed by atoms with Gasteiger partial charge in [0.05, 0.1) is 0 Å². The van der Waals surface area contributed by atoms with Gasteiger partial charge in [-0.2, -0.15) is 0 Å². The maximum atomic E-state index is 6.04. The smallest absolute Gasteiger partial charge is 0.0304 e. The molecule has 0 saturated heterocycles. The second-order valence-electron chi connectivity index (χ2n) is 5.99. The molecule has 2 atom stereocenters. The highest BCUT2D eigenvalue weighted by atomic mass is 15.0. The molecule has 2 heteroatoms. The van der Waals surface area contributed by atoms with Crippen LogP contribution in [-0.2, 0) is 0 Å². The van der Waals surface area contributed by atoms with Gasteiger partial charge >= 0.3 is 0 Å². The predicted molar refractivity (Wildman–Crippen MR) is 80.7 cm³/mol. The highest BCUT2D eigenvalue weighted by Crippen LogP contribution is 2.24. The lowest BCUT2D eigenvalue weighted by Crippen LogP contribution is -2.52. The third-order valence-electron chi connectivity index (χ3n) is 4.58. The quantitative estimate of drug-likeness (QED) is 0.615. The van der Waals surface area contributed by atoms with Gasteiger partial charge in [0, 0.05) is 12.1 Å². The molecule has 0 fully saturated rings. The summed E-state index contributed by atoms with van der Waals surface area (Å²) < 4.78 is 0. The van der Waals surface area contributed by atoms with Gasteiger partial charge in [0.25, 0.3) is 0 Å². The molecule has 0 heterocycles. The summed E-state index contributed by atoms with van der Waals surface area (Å²) in [7, 11) is 0. The summed E-state index contributed by atoms with van der Waals surface area (Å²) in [6.07, 6.45) is 11.2. The van der Waals surface area contributed by atoms with E-state index in [0.29, 0.717) is 0 Å². The highest BCUT2D eigenvalue weighted by molar-refractivity contribution is 5.07. The Balaban J connectivity index is 2.40. The summed E-state index contributed by atoms with van der Waals surface area (Å²) >= 11 is 0. The third-order valence-corrected chi connectivity index (χ3v) is 4.58. The van der Waals surface area contributed by atoms with E-state index in [4.69, 9.17) is 5.73 Å². The fourth-order valence-electron chi connectivity index (χ4n) is 2.91. The first kappa shape index (κ1) is 15.7. The van der Waals surface area contributed by atoms with Crippen LogP contribution in [0.15, 0.2) is 11.6 Å². The molecule has 1 aliphatic rings. The monoisotopic (exact) mass is 252 g/mol. The summed E-state index contributed by atoms with van der Waals surface area (Å²) in [6, 6.07) is 0. The molecule has 3 N–H and O–H groups in total. The van der Waals surface area contributed by atoms with Gasteiger partial charge in [-0.1, -0.05) is 38.8 Å². The summed E-state index contributed by atoms with van der Waals surface area (Å²) in [5.74, 6) is 0.756. The minimum Gasteiger partial charge on any atom is -0.329 e. The Morgan fingerprint density at radius 1 is 1.44 bits per heavy atom. The van der Waals surface area contributed by atoms with Crippen molar-refractivity contribution in [2.24, 2.45) is 11.7 Å². The van der Waals surface area contributed by atoms with Gasteiger partial charge in [-0.05, 0) is 51.0 Å². The van der Waals surface area contributed by atoms with Crippen LogP contribution in [0.4, 0.5) is 0 Å². The van der Waals surface area contributed by atoms with Crippen molar-refractivity contribution >= 4 is 0 Å². The zero-order valence-electron chi connectivity index (χ0n) is 12.6. The first-order valence-corrected chi connectivity index (χ1v) is 7.78. The van der Waals surface area contributed by atoms with Crippen LogP contribution in [0.2, 0.25) is 0 Å². The van der Waals surface area contributed by atoms with Gasteiger partial charge in [0.1, 0.15) is 0 Å². The van der Waals surface area contributed by atoms with Crippen LogP contribution in [0.25, 0.3) is 0 Å². The van der Waals surface area contributed by atoms with Gasteiger partial charge in [-0.3, -0.25) is 0 Å². The minimum atomic E-state index is 0.161. The second-order valence-corrected chi connectivity index (χ2v) is 5.99. The number of nitrogens with two attached hydrogens (primary N) is 1. The van der Waals surface area contributed by atoms with Gasteiger partial charge in [-0.15, -0.1) is 0 Å². The van der Waals surface area contributed by atoms with Crippen LogP contribution in [0.1, 0.15) is 65.7 Å². The van der Waals surface area contributed by atoms with Crippen LogP contribution in [0.3, 0.4) is 0 Å². The first-order chi connectivity index (χ1) is 8.65. The van der Waals surface area contributed by atoms with Crippen molar-refractivity contribution in [3.8, 4) is 0 Å². The molecule has 2 unspecified atom stereocenters. The van der Waals surface area contributed by atoms with Crippen LogP contribution < -0.4 is 11.1 Å². The lowest BCUT2D eigenvalue weighted by atomic mass is 9.84. The van der Waals surface area contributed by atoms with Gasteiger partial charge < -0.3 is 11.1 Å². The summed E-state index contributed by atoms with van der Waals surface area (Å²) in [4.78, 5) is 0. The maximum absolute atomic E-state index is 6.04. The molecule has 0 aliphatic heterocycles. The zero-order chi connectivity index (χ0) is 13.4. The van der Waals surface area contributed by atoms with Crippen molar-refractivity contribution in [1.29, 1.82) is 0 Å². The fraction of sp³-hybridized carbons (Fsp3) is 0.875. The van der Waals surface area contributed by atoms with Gasteiger partial charge in [0.15, 0.2) is 0 Å². The first-order valence-electron chi connectivity index (χ1n) is 7.78. The largest absolute Gasteiger partial charge is 0.329 e. The van der Waals surface area contributed by atoms with E-state index < -0.39 is 0 Å². The molecule has 0 aromatic rings. The molecule has 0 saturated carbocycles. The SMILES string of the molecule is CCC(C)CC(CC)(CN)NCCC1=CCCC1. The molecule has 106 valence electrons. The van der Waals surface area contributed by atoms with Crippen LogP contribution in [0.5, 0.6) is 0 Å². The minimum absolute atomic E-state index is 0.161. The Bertz CT molecular complexity index is 254. The van der Waals surface area contributed by atoms with E-state index >= 15 is 0 Å². The van der Waals surface area contributed by atoms with E-state index in [2.05, 4.69) is 32.2 Å². The lowest BCUT2D eigenvalue weighted by Gasteiger charge is -2.35. The number of allylic oxidation sites excluding steroid dienone is 1. The van der Waals surface area contributed by atoms with Crippen molar-refractivity contribution in [2.45, 2.75) is 71.3 Å². The molecule has 18 heavy (non-hydrogen) atoms. The topological polar surface area (TPSA) is 38.0 Å². The molecule has 0 aromatic carbocycles. The molecule has 1 rings (SSSR count). The normalized spacial score (nSPS) is 20.6. The average molecular weight is 252 g/mol. The van der Waals surface area contributed by atoms with Crippen molar-refractivity contribution in [2.75, 3.05) is 13.1 Å². The highest BCUT2D eigenvalue weighted by Gasteiger charge is 2.27. The van der Waals surface area contributed by atoms with E-state index in [1.165, 1.54) is 38.5 Å². The molecular weight excluding hydrogens is 220 g/mol. The molecule has 0 aromatic heterocycles. The second kappa shape index (κ2) is 7.96. The van der Waals surface area contributed by atoms with Crippen molar-refractivity contribution < 1.29 is 0 Å². The maximum Gasteiger partial charge on any atom is 0.0304 e. The molecule has 0 spiro atoms. The Kier molecular flexibility index (Phi) is 6.95. The van der Waals surface area contributed by atoms with Crippen molar-refractivity contribution in [3.05, 3.63) is 11.6 Å². The standard InChI is InChI=1S/C16H32N2/c1-4-14(3)12-16(5-2,13-17)18-11-10-15-8-6-7-9-15/h8,14,18H,4-7,9-13,17H2,1-3H3. The van der Waals surface area contributed by atoms with E-state index in [-0.39, 0.29) is 5.54 Å². The number of hydrogen-bond donors (Lipinski definition) is 2. The van der Waals surface area contributed by atoms with Crippen LogP contribution in [0, 0.1) is 5.92 Å². The average Bonchev–Trinajstić information content (AvgIpc) is 2.90. The van der Waals surface area contributed by atoms with Gasteiger partial charge in [0.2, 0.25) is 0 Å². The molecule has 1 aliphatic carbocycles. The third kappa shape index (κ3) is 4.74. The number of rotatable bonds is 9. The molecule has 2 nitrogen and oxygen atoms in total. The molecule has 0 radical (unpaired) electrons. The molecule has 0 amide bonds. The van der Waals surface area contributed by atoms with E-state index in [1.807, 2.05) is 0 Å². The molecule has 0 bridgehead atoms. The molecular formula is C16H32N2. The number of hydrogen-bond acceptors (Lipinski definition) is 2. The Labute approximate surface area is 113 Å². The zero-order valence-corrected chi connectivity index (χ0v) is 12.6. The number of nitrogens with one attached hydrogen (secondary N) is 1. The Morgan fingerprint density at radius 2 is 2.22 bits per heavy atom. The van der Waals surface area contributed by atoms with Crippen molar-refractivity contribution in [1.82, 2.24) is 5.32 Å². The predicted octanol–water partition coefficient (Wildman–Crippen LogP) is 3.62. The summed E-state index contributed by atoms with van der Waals surface area (Å²) in [5, 5.41) is 3.76. The summed E-state index contributed by atoms with van der Waals surface area (Å²) in [6.45, 7) is 8.71. The van der Waals surface area contributed by atoms with Gasteiger partial charge in [-0.25, -0.2) is 0 Å². The van der Waals surface area contributed by atoms with Crippen LogP contribution in [-0.4, -0.2) is 18.6 Å². The van der Waals surface area contributed by atoms with Crippen LogP contribution >= 0.6 is 0 Å².